The van der Waals surface area contributed by atoms with Crippen LogP contribution in [0, 0.1) is 17.2 Å². The zero-order chi connectivity index (χ0) is 7.98. The van der Waals surface area contributed by atoms with E-state index in [-0.39, 0.29) is 12.6 Å². The molecule has 0 saturated carbocycles. The summed E-state index contributed by atoms with van der Waals surface area (Å²) in [6.07, 6.45) is 0. The van der Waals surface area contributed by atoms with Crippen molar-refractivity contribution in [2.75, 3.05) is 26.8 Å². The fraction of sp³-hybridized carbons (Fsp3) is 0.857. The highest BCUT2D eigenvalue weighted by atomic mass is 19.1. The second-order valence-electron chi connectivity index (χ2n) is 2.48. The Labute approximate surface area is 61.2 Å². The number of nitriles is 1. The number of hydrogen-bond acceptors (Lipinski definition) is 2. The quantitative estimate of drug-likeness (QED) is 0.589. The van der Waals surface area contributed by atoms with Gasteiger partial charge in [0.1, 0.15) is 6.67 Å². The van der Waals surface area contributed by atoms with Gasteiger partial charge in [-0.05, 0) is 14.0 Å². The first-order valence-corrected chi connectivity index (χ1v) is 3.34. The maximum atomic E-state index is 11.7. The van der Waals surface area contributed by atoms with Crippen LogP contribution in [0.1, 0.15) is 6.92 Å². The van der Waals surface area contributed by atoms with Crippen LogP contribution in [-0.4, -0.2) is 31.7 Å². The largest absolute Gasteiger partial charge is 0.302 e. The number of nitrogens with zero attached hydrogens (tertiary/aromatic N) is 2. The van der Waals surface area contributed by atoms with Crippen molar-refractivity contribution in [3.05, 3.63) is 0 Å². The molecule has 0 aliphatic carbocycles. The Hall–Kier alpha value is -0.620. The van der Waals surface area contributed by atoms with Crippen molar-refractivity contribution in [2.45, 2.75) is 6.92 Å². The average Bonchev–Trinajstić information content (AvgIpc) is 1.88. The Kier molecular flexibility index (Phi) is 4.87. The van der Waals surface area contributed by atoms with Gasteiger partial charge >= 0.3 is 0 Å². The molecule has 0 aromatic rings. The van der Waals surface area contributed by atoms with E-state index in [1.165, 1.54) is 0 Å². The molecule has 0 amide bonds. The van der Waals surface area contributed by atoms with Crippen LogP contribution in [0.2, 0.25) is 0 Å². The molecule has 0 N–H and O–H groups in total. The molecule has 0 fully saturated rings. The van der Waals surface area contributed by atoms with Crippen LogP contribution in [0.25, 0.3) is 0 Å². The van der Waals surface area contributed by atoms with Crippen LogP contribution in [0.15, 0.2) is 0 Å². The lowest BCUT2D eigenvalue weighted by atomic mass is 10.2. The first-order chi connectivity index (χ1) is 4.70. The molecule has 0 aromatic heterocycles. The first-order valence-electron chi connectivity index (χ1n) is 3.34. The summed E-state index contributed by atoms with van der Waals surface area (Å²) >= 11 is 0. The summed E-state index contributed by atoms with van der Waals surface area (Å²) in [6, 6.07) is 2.09. The molecule has 1 unspecified atom stereocenters. The normalized spacial score (nSPS) is 13.1. The van der Waals surface area contributed by atoms with E-state index in [0.29, 0.717) is 13.1 Å². The summed E-state index contributed by atoms with van der Waals surface area (Å²) in [5, 5.41) is 8.38. The second-order valence-corrected chi connectivity index (χ2v) is 2.48. The van der Waals surface area contributed by atoms with Crippen molar-refractivity contribution in [3.8, 4) is 6.07 Å². The zero-order valence-corrected chi connectivity index (χ0v) is 6.47. The molecule has 3 heteroatoms. The van der Waals surface area contributed by atoms with Crippen LogP contribution in [0.4, 0.5) is 4.39 Å². The molecule has 0 spiro atoms. The zero-order valence-electron chi connectivity index (χ0n) is 6.47. The summed E-state index contributed by atoms with van der Waals surface area (Å²) < 4.78 is 11.7. The van der Waals surface area contributed by atoms with Crippen molar-refractivity contribution in [1.82, 2.24) is 4.90 Å². The molecule has 0 radical (unpaired) electrons. The highest BCUT2D eigenvalue weighted by molar-refractivity contribution is 4.80. The predicted octanol–water partition coefficient (Wildman–Crippen LogP) is 1.05. The third-order valence-electron chi connectivity index (χ3n) is 1.27. The number of rotatable bonds is 4. The monoisotopic (exact) mass is 144 g/mol. The van der Waals surface area contributed by atoms with Gasteiger partial charge in [-0.15, -0.1) is 0 Å². The van der Waals surface area contributed by atoms with Crippen molar-refractivity contribution < 1.29 is 4.39 Å². The molecule has 0 heterocycles. The summed E-state index contributed by atoms with van der Waals surface area (Å²) in [5.41, 5.74) is 0. The van der Waals surface area contributed by atoms with Gasteiger partial charge in [0.05, 0.1) is 12.0 Å². The molecule has 2 nitrogen and oxygen atoms in total. The van der Waals surface area contributed by atoms with Crippen molar-refractivity contribution >= 4 is 0 Å². The van der Waals surface area contributed by atoms with Crippen LogP contribution < -0.4 is 0 Å². The van der Waals surface area contributed by atoms with Gasteiger partial charge < -0.3 is 4.90 Å². The maximum absolute atomic E-state index is 11.7. The van der Waals surface area contributed by atoms with E-state index < -0.39 is 0 Å². The molecule has 0 aliphatic heterocycles. The molecule has 0 bridgehead atoms. The number of alkyl halides is 1. The van der Waals surface area contributed by atoms with E-state index in [4.69, 9.17) is 5.26 Å². The van der Waals surface area contributed by atoms with Gasteiger partial charge in [0.15, 0.2) is 0 Å². The van der Waals surface area contributed by atoms with E-state index >= 15 is 0 Å². The Morgan fingerprint density at radius 2 is 2.30 bits per heavy atom. The van der Waals surface area contributed by atoms with Gasteiger partial charge in [0.2, 0.25) is 0 Å². The third kappa shape index (κ3) is 4.28. The molecule has 0 saturated heterocycles. The SMILES string of the molecule is CC(C#N)CN(C)CCF. The minimum atomic E-state index is -0.339. The Bertz CT molecular complexity index is 119. The van der Waals surface area contributed by atoms with Crippen molar-refractivity contribution in [2.24, 2.45) is 5.92 Å². The minimum absolute atomic E-state index is 0.00319. The highest BCUT2D eigenvalue weighted by Crippen LogP contribution is 1.94. The Morgan fingerprint density at radius 1 is 1.70 bits per heavy atom. The van der Waals surface area contributed by atoms with Gasteiger partial charge in [0, 0.05) is 13.1 Å². The van der Waals surface area contributed by atoms with E-state index in [9.17, 15) is 4.39 Å². The summed E-state index contributed by atoms with van der Waals surface area (Å²) in [7, 11) is 1.81. The van der Waals surface area contributed by atoms with Crippen molar-refractivity contribution in [3.63, 3.8) is 0 Å². The lowest BCUT2D eigenvalue weighted by molar-refractivity contribution is 0.278. The summed E-state index contributed by atoms with van der Waals surface area (Å²) in [4.78, 5) is 1.81. The van der Waals surface area contributed by atoms with Gasteiger partial charge in [0.25, 0.3) is 0 Å². The van der Waals surface area contributed by atoms with Gasteiger partial charge in [-0.2, -0.15) is 5.26 Å². The topological polar surface area (TPSA) is 27.0 Å². The molecule has 1 atom stereocenters. The first kappa shape index (κ1) is 9.38. The van der Waals surface area contributed by atoms with Crippen LogP contribution >= 0.6 is 0 Å². The summed E-state index contributed by atoms with van der Waals surface area (Å²) in [6.45, 7) is 2.57. The molecular formula is C7H13FN2. The van der Waals surface area contributed by atoms with Gasteiger partial charge in [-0.3, -0.25) is 0 Å². The summed E-state index contributed by atoms with van der Waals surface area (Å²) in [5.74, 6) is -0.00319. The van der Waals surface area contributed by atoms with E-state index in [2.05, 4.69) is 6.07 Å². The molecule has 0 rings (SSSR count). The van der Waals surface area contributed by atoms with Crippen LogP contribution in [0.5, 0.6) is 0 Å². The maximum Gasteiger partial charge on any atom is 0.102 e. The second kappa shape index (κ2) is 5.19. The average molecular weight is 144 g/mol. The Morgan fingerprint density at radius 3 is 2.70 bits per heavy atom. The number of halogens is 1. The van der Waals surface area contributed by atoms with Gasteiger partial charge in [-0.1, -0.05) is 0 Å². The van der Waals surface area contributed by atoms with E-state index in [0.717, 1.165) is 0 Å². The molecule has 10 heavy (non-hydrogen) atoms. The minimum Gasteiger partial charge on any atom is -0.302 e. The highest BCUT2D eigenvalue weighted by Gasteiger charge is 2.03. The van der Waals surface area contributed by atoms with Crippen LogP contribution in [-0.2, 0) is 0 Å². The fourth-order valence-electron chi connectivity index (χ4n) is 0.744. The predicted molar refractivity (Wildman–Crippen MR) is 38.2 cm³/mol. The molecular weight excluding hydrogens is 131 g/mol. The lowest BCUT2D eigenvalue weighted by Gasteiger charge is -2.14. The lowest BCUT2D eigenvalue weighted by Crippen LogP contribution is -2.25. The van der Waals surface area contributed by atoms with E-state index in [1.807, 2.05) is 18.9 Å². The van der Waals surface area contributed by atoms with E-state index in [1.54, 1.807) is 0 Å². The fourth-order valence-corrected chi connectivity index (χ4v) is 0.744. The van der Waals surface area contributed by atoms with Gasteiger partial charge in [-0.25, -0.2) is 4.39 Å². The molecule has 0 aromatic carbocycles. The number of hydrogen-bond donors (Lipinski definition) is 0. The standard InChI is InChI=1S/C7H13FN2/c1-7(5-9)6-10(2)4-3-8/h7H,3-4,6H2,1-2H3. The van der Waals surface area contributed by atoms with Crippen LogP contribution in [0.3, 0.4) is 0 Å². The van der Waals surface area contributed by atoms with Crippen molar-refractivity contribution in [1.29, 1.82) is 5.26 Å². The molecule has 58 valence electrons. The Balaban J connectivity index is 3.39. The molecule has 0 aliphatic rings. The third-order valence-corrected chi connectivity index (χ3v) is 1.27. The smallest absolute Gasteiger partial charge is 0.102 e.